The average Bonchev–Trinajstić information content (AvgIpc) is 2.83. The average molecular weight is 443 g/mol. The van der Waals surface area contributed by atoms with Gasteiger partial charge in [-0.3, -0.25) is 9.59 Å². The second-order valence-corrected chi connectivity index (χ2v) is 8.31. The standard InChI is InChI=1S/C22H16Cl2N2O2S/c1-2-26-18-10-8-14(25-21(27)13-7-9-16(23)17(24)11-13)12-20(18)29-19-6-4-3-5-15(19)22(26)28/h3-12H,2H2,1H3,(H,25,27). The van der Waals surface area contributed by atoms with Gasteiger partial charge in [0.25, 0.3) is 11.8 Å². The number of carbonyl (C=O) groups excluding carboxylic acids is 2. The maximum absolute atomic E-state index is 13.0. The highest BCUT2D eigenvalue weighted by Crippen LogP contribution is 2.42. The summed E-state index contributed by atoms with van der Waals surface area (Å²) >= 11 is 13.5. The normalized spacial score (nSPS) is 12.8. The molecule has 4 rings (SSSR count). The van der Waals surface area contributed by atoms with Crippen molar-refractivity contribution in [2.75, 3.05) is 16.8 Å². The highest BCUT2D eigenvalue weighted by Gasteiger charge is 2.26. The molecule has 0 aliphatic carbocycles. The van der Waals surface area contributed by atoms with Crippen molar-refractivity contribution in [3.05, 3.63) is 81.8 Å². The SMILES string of the molecule is CCN1C(=O)c2ccccc2Sc2cc(NC(=O)c3ccc(Cl)c(Cl)c3)ccc21. The smallest absolute Gasteiger partial charge is 0.259 e. The first-order valence-electron chi connectivity index (χ1n) is 8.97. The van der Waals surface area contributed by atoms with E-state index in [4.69, 9.17) is 23.2 Å². The quantitative estimate of drug-likeness (QED) is 0.511. The zero-order valence-corrected chi connectivity index (χ0v) is 17.7. The van der Waals surface area contributed by atoms with Crippen LogP contribution in [0.25, 0.3) is 0 Å². The van der Waals surface area contributed by atoms with Crippen molar-refractivity contribution in [2.45, 2.75) is 16.7 Å². The summed E-state index contributed by atoms with van der Waals surface area (Å²) < 4.78 is 0. The van der Waals surface area contributed by atoms with Gasteiger partial charge in [0.05, 0.1) is 21.3 Å². The molecule has 3 aromatic carbocycles. The predicted octanol–water partition coefficient (Wildman–Crippen LogP) is 6.38. The summed E-state index contributed by atoms with van der Waals surface area (Å²) in [4.78, 5) is 29.1. The Morgan fingerprint density at radius 3 is 2.55 bits per heavy atom. The van der Waals surface area contributed by atoms with E-state index in [1.54, 1.807) is 23.1 Å². The summed E-state index contributed by atoms with van der Waals surface area (Å²) in [6, 6.07) is 17.8. The van der Waals surface area contributed by atoms with Crippen LogP contribution in [0.15, 0.2) is 70.5 Å². The molecule has 0 bridgehead atoms. The predicted molar refractivity (Wildman–Crippen MR) is 119 cm³/mol. The van der Waals surface area contributed by atoms with Gasteiger partial charge in [0.15, 0.2) is 0 Å². The highest BCUT2D eigenvalue weighted by molar-refractivity contribution is 7.99. The number of benzene rings is 3. The van der Waals surface area contributed by atoms with Gasteiger partial charge in [0.1, 0.15) is 0 Å². The number of hydrogen-bond acceptors (Lipinski definition) is 3. The first kappa shape index (κ1) is 19.8. The van der Waals surface area contributed by atoms with Crippen LogP contribution in [0.1, 0.15) is 27.6 Å². The lowest BCUT2D eigenvalue weighted by molar-refractivity contribution is 0.0983. The second-order valence-electron chi connectivity index (χ2n) is 6.41. The third-order valence-electron chi connectivity index (χ3n) is 4.59. The van der Waals surface area contributed by atoms with Gasteiger partial charge < -0.3 is 10.2 Å². The molecule has 1 N–H and O–H groups in total. The molecule has 3 aromatic rings. The Labute approximate surface area is 182 Å². The van der Waals surface area contributed by atoms with E-state index in [0.717, 1.165) is 15.5 Å². The van der Waals surface area contributed by atoms with Crippen LogP contribution in [0.3, 0.4) is 0 Å². The van der Waals surface area contributed by atoms with Crippen molar-refractivity contribution < 1.29 is 9.59 Å². The fourth-order valence-electron chi connectivity index (χ4n) is 3.16. The molecule has 0 saturated heterocycles. The molecule has 146 valence electrons. The van der Waals surface area contributed by atoms with Crippen LogP contribution < -0.4 is 10.2 Å². The van der Waals surface area contributed by atoms with Crippen molar-refractivity contribution >= 4 is 58.2 Å². The van der Waals surface area contributed by atoms with E-state index in [1.165, 1.54) is 17.8 Å². The van der Waals surface area contributed by atoms with Gasteiger partial charge in [-0.1, -0.05) is 47.1 Å². The molecule has 1 heterocycles. The van der Waals surface area contributed by atoms with Crippen LogP contribution in [0, 0.1) is 0 Å². The number of hydrogen-bond donors (Lipinski definition) is 1. The monoisotopic (exact) mass is 442 g/mol. The molecule has 0 atom stereocenters. The van der Waals surface area contributed by atoms with Crippen LogP contribution in [0.2, 0.25) is 10.0 Å². The number of nitrogens with one attached hydrogen (secondary N) is 1. The van der Waals surface area contributed by atoms with Crippen LogP contribution in [-0.4, -0.2) is 18.4 Å². The molecular formula is C22H16Cl2N2O2S. The Kier molecular flexibility index (Phi) is 5.54. The van der Waals surface area contributed by atoms with Gasteiger partial charge >= 0.3 is 0 Å². The minimum atomic E-state index is -0.286. The topological polar surface area (TPSA) is 49.4 Å². The Morgan fingerprint density at radius 2 is 1.79 bits per heavy atom. The maximum Gasteiger partial charge on any atom is 0.259 e. The van der Waals surface area contributed by atoms with E-state index in [9.17, 15) is 9.59 Å². The molecule has 29 heavy (non-hydrogen) atoms. The lowest BCUT2D eigenvalue weighted by atomic mass is 10.1. The summed E-state index contributed by atoms with van der Waals surface area (Å²) in [6.07, 6.45) is 0. The van der Waals surface area contributed by atoms with Gasteiger partial charge in [0, 0.05) is 27.6 Å². The van der Waals surface area contributed by atoms with E-state index in [1.807, 2.05) is 43.3 Å². The van der Waals surface area contributed by atoms with Gasteiger partial charge in [-0.2, -0.15) is 0 Å². The maximum atomic E-state index is 13.0. The van der Waals surface area contributed by atoms with Gasteiger partial charge in [-0.05, 0) is 55.5 Å². The van der Waals surface area contributed by atoms with Crippen molar-refractivity contribution in [1.29, 1.82) is 0 Å². The van der Waals surface area contributed by atoms with E-state index >= 15 is 0 Å². The van der Waals surface area contributed by atoms with E-state index in [0.29, 0.717) is 33.4 Å². The van der Waals surface area contributed by atoms with E-state index < -0.39 is 0 Å². The largest absolute Gasteiger partial charge is 0.322 e. The number of fused-ring (bicyclic) bond motifs is 2. The summed E-state index contributed by atoms with van der Waals surface area (Å²) in [5, 5.41) is 3.61. The number of nitrogens with zero attached hydrogens (tertiary/aromatic N) is 1. The van der Waals surface area contributed by atoms with Gasteiger partial charge in [-0.15, -0.1) is 0 Å². The summed E-state index contributed by atoms with van der Waals surface area (Å²) in [5.74, 6) is -0.312. The van der Waals surface area contributed by atoms with Gasteiger partial charge in [0.2, 0.25) is 0 Å². The summed E-state index contributed by atoms with van der Waals surface area (Å²) in [5.41, 5.74) is 2.55. The summed E-state index contributed by atoms with van der Waals surface area (Å²) in [7, 11) is 0. The first-order valence-corrected chi connectivity index (χ1v) is 10.5. The van der Waals surface area contributed by atoms with Crippen molar-refractivity contribution in [3.63, 3.8) is 0 Å². The van der Waals surface area contributed by atoms with Crippen LogP contribution in [0.5, 0.6) is 0 Å². The molecule has 0 aromatic heterocycles. The molecular weight excluding hydrogens is 427 g/mol. The third-order valence-corrected chi connectivity index (χ3v) is 6.45. The number of rotatable bonds is 3. The van der Waals surface area contributed by atoms with Crippen molar-refractivity contribution in [2.24, 2.45) is 0 Å². The Balaban J connectivity index is 1.68. The lowest BCUT2D eigenvalue weighted by Crippen LogP contribution is -2.30. The Bertz CT molecular complexity index is 1130. The van der Waals surface area contributed by atoms with Crippen LogP contribution in [-0.2, 0) is 0 Å². The number of anilines is 2. The molecule has 2 amide bonds. The molecule has 0 unspecified atom stereocenters. The second kappa shape index (κ2) is 8.11. The molecule has 1 aliphatic rings. The minimum absolute atomic E-state index is 0.0260. The Morgan fingerprint density at radius 1 is 1.00 bits per heavy atom. The number of carbonyl (C=O) groups is 2. The number of amides is 2. The molecule has 0 radical (unpaired) electrons. The van der Waals surface area contributed by atoms with Crippen molar-refractivity contribution in [3.8, 4) is 0 Å². The van der Waals surface area contributed by atoms with Gasteiger partial charge in [-0.25, -0.2) is 0 Å². The molecule has 1 aliphatic heterocycles. The zero-order chi connectivity index (χ0) is 20.5. The summed E-state index contributed by atoms with van der Waals surface area (Å²) in [6.45, 7) is 2.50. The third kappa shape index (κ3) is 3.86. The zero-order valence-electron chi connectivity index (χ0n) is 15.4. The molecule has 7 heteroatoms. The van der Waals surface area contributed by atoms with Crippen molar-refractivity contribution in [1.82, 2.24) is 0 Å². The molecule has 0 spiro atoms. The van der Waals surface area contributed by atoms with E-state index in [-0.39, 0.29) is 11.8 Å². The molecule has 4 nitrogen and oxygen atoms in total. The fraction of sp³-hybridized carbons (Fsp3) is 0.0909. The fourth-order valence-corrected chi connectivity index (χ4v) is 4.57. The van der Waals surface area contributed by atoms with Crippen LogP contribution in [0.4, 0.5) is 11.4 Å². The minimum Gasteiger partial charge on any atom is -0.322 e. The number of halogens is 2. The lowest BCUT2D eigenvalue weighted by Gasteiger charge is -2.21. The first-order chi connectivity index (χ1) is 14.0. The molecule has 0 saturated carbocycles. The highest BCUT2D eigenvalue weighted by atomic mass is 35.5. The van der Waals surface area contributed by atoms with Crippen LogP contribution >= 0.6 is 35.0 Å². The molecule has 0 fully saturated rings. The Hall–Kier alpha value is -2.47. The van der Waals surface area contributed by atoms with E-state index in [2.05, 4.69) is 5.32 Å².